The van der Waals surface area contributed by atoms with Crippen molar-refractivity contribution in [3.8, 4) is 0 Å². The first-order valence-corrected chi connectivity index (χ1v) is 5.37. The fourth-order valence-electron chi connectivity index (χ4n) is 1.02. The fourth-order valence-corrected chi connectivity index (χ4v) is 2.41. The summed E-state index contributed by atoms with van der Waals surface area (Å²) in [5, 5.41) is 0. The molecular formula is C10H10Br2. The van der Waals surface area contributed by atoms with Crippen LogP contribution in [0.15, 0.2) is 39.8 Å². The van der Waals surface area contributed by atoms with Gasteiger partial charge in [0.15, 0.2) is 0 Å². The predicted octanol–water partition coefficient (Wildman–Crippen LogP) is 4.33. The Bertz CT molecular complexity index is 259. The van der Waals surface area contributed by atoms with Gasteiger partial charge in [-0.15, -0.1) is 6.58 Å². The van der Waals surface area contributed by atoms with E-state index in [2.05, 4.69) is 50.6 Å². The Morgan fingerprint density at radius 2 is 1.75 bits per heavy atom. The molecule has 12 heavy (non-hydrogen) atoms. The number of benzene rings is 1. The zero-order valence-electron chi connectivity index (χ0n) is 6.69. The standard InChI is InChI=1S/C10H10Br2/c1-2-3-4-8-5-9(11)7-10(12)6-8/h2,5-7H,1,3-4H2. The average molecular weight is 290 g/mol. The van der Waals surface area contributed by atoms with Gasteiger partial charge >= 0.3 is 0 Å². The van der Waals surface area contributed by atoms with E-state index in [-0.39, 0.29) is 0 Å². The fraction of sp³-hybridized carbons (Fsp3) is 0.200. The summed E-state index contributed by atoms with van der Waals surface area (Å²) in [5.74, 6) is 0. The molecule has 0 aromatic heterocycles. The van der Waals surface area contributed by atoms with Crippen LogP contribution in [0, 0.1) is 0 Å². The van der Waals surface area contributed by atoms with Crippen molar-refractivity contribution in [2.24, 2.45) is 0 Å². The van der Waals surface area contributed by atoms with Gasteiger partial charge in [0.25, 0.3) is 0 Å². The lowest BCUT2D eigenvalue weighted by Crippen LogP contribution is -1.83. The molecule has 2 heteroatoms. The van der Waals surface area contributed by atoms with Crippen LogP contribution in [0.4, 0.5) is 0 Å². The number of rotatable bonds is 3. The zero-order valence-corrected chi connectivity index (χ0v) is 9.86. The van der Waals surface area contributed by atoms with Crippen molar-refractivity contribution < 1.29 is 0 Å². The molecule has 0 aliphatic carbocycles. The number of aryl methyl sites for hydroxylation is 1. The molecule has 0 fully saturated rings. The summed E-state index contributed by atoms with van der Waals surface area (Å²) in [6.45, 7) is 3.70. The van der Waals surface area contributed by atoms with Crippen LogP contribution in [0.5, 0.6) is 0 Å². The molecule has 64 valence electrons. The van der Waals surface area contributed by atoms with Crippen molar-refractivity contribution in [2.45, 2.75) is 12.8 Å². The second kappa shape index (κ2) is 4.83. The summed E-state index contributed by atoms with van der Waals surface area (Å²) >= 11 is 6.90. The van der Waals surface area contributed by atoms with Crippen molar-refractivity contribution in [2.75, 3.05) is 0 Å². The molecule has 0 aliphatic heterocycles. The zero-order chi connectivity index (χ0) is 8.97. The van der Waals surface area contributed by atoms with E-state index in [9.17, 15) is 0 Å². The largest absolute Gasteiger partial charge is 0.103 e. The molecule has 0 bridgehead atoms. The lowest BCUT2D eigenvalue weighted by atomic mass is 10.1. The Kier molecular flexibility index (Phi) is 4.02. The van der Waals surface area contributed by atoms with Crippen LogP contribution in [0.1, 0.15) is 12.0 Å². The number of hydrogen-bond acceptors (Lipinski definition) is 0. The second-order valence-electron chi connectivity index (χ2n) is 2.61. The molecule has 1 rings (SSSR count). The molecule has 0 unspecified atom stereocenters. The molecule has 1 aromatic rings. The first-order valence-electron chi connectivity index (χ1n) is 3.78. The lowest BCUT2D eigenvalue weighted by molar-refractivity contribution is 1.00. The van der Waals surface area contributed by atoms with Gasteiger partial charge in [-0.05, 0) is 36.6 Å². The predicted molar refractivity (Wildman–Crippen MR) is 60.4 cm³/mol. The first-order chi connectivity index (χ1) is 5.72. The average Bonchev–Trinajstić information content (AvgIpc) is 1.99. The molecule has 0 saturated heterocycles. The molecule has 0 amide bonds. The number of hydrogen-bond donors (Lipinski definition) is 0. The van der Waals surface area contributed by atoms with Crippen molar-refractivity contribution >= 4 is 31.9 Å². The minimum atomic E-state index is 1.03. The Morgan fingerprint density at radius 1 is 1.17 bits per heavy atom. The smallest absolute Gasteiger partial charge is 0.0189 e. The minimum Gasteiger partial charge on any atom is -0.103 e. The van der Waals surface area contributed by atoms with E-state index in [0.717, 1.165) is 21.8 Å². The topological polar surface area (TPSA) is 0 Å². The highest BCUT2D eigenvalue weighted by molar-refractivity contribution is 9.11. The van der Waals surface area contributed by atoms with Gasteiger partial charge in [0.2, 0.25) is 0 Å². The third-order valence-corrected chi connectivity index (χ3v) is 2.48. The van der Waals surface area contributed by atoms with Crippen molar-refractivity contribution in [1.29, 1.82) is 0 Å². The van der Waals surface area contributed by atoms with Crippen LogP contribution in [0.3, 0.4) is 0 Å². The van der Waals surface area contributed by atoms with E-state index in [0.29, 0.717) is 0 Å². The third kappa shape index (κ3) is 3.11. The van der Waals surface area contributed by atoms with Gasteiger partial charge < -0.3 is 0 Å². The van der Waals surface area contributed by atoms with Gasteiger partial charge in [0.1, 0.15) is 0 Å². The van der Waals surface area contributed by atoms with E-state index >= 15 is 0 Å². The number of allylic oxidation sites excluding steroid dienone is 1. The van der Waals surface area contributed by atoms with Crippen molar-refractivity contribution in [3.05, 3.63) is 45.4 Å². The highest BCUT2D eigenvalue weighted by Crippen LogP contribution is 2.20. The van der Waals surface area contributed by atoms with E-state index in [1.165, 1.54) is 5.56 Å². The second-order valence-corrected chi connectivity index (χ2v) is 4.44. The molecule has 0 spiro atoms. The van der Waals surface area contributed by atoms with E-state index < -0.39 is 0 Å². The van der Waals surface area contributed by atoms with Gasteiger partial charge in [0.05, 0.1) is 0 Å². The Labute approximate surface area is 89.9 Å². The third-order valence-electron chi connectivity index (χ3n) is 1.56. The summed E-state index contributed by atoms with van der Waals surface area (Å²) in [5.41, 5.74) is 1.33. The monoisotopic (exact) mass is 288 g/mol. The normalized spacial score (nSPS) is 9.83. The van der Waals surface area contributed by atoms with Gasteiger partial charge in [-0.25, -0.2) is 0 Å². The van der Waals surface area contributed by atoms with Crippen molar-refractivity contribution in [3.63, 3.8) is 0 Å². The molecule has 0 radical (unpaired) electrons. The maximum Gasteiger partial charge on any atom is 0.0189 e. The van der Waals surface area contributed by atoms with E-state index in [4.69, 9.17) is 0 Å². The molecular weight excluding hydrogens is 280 g/mol. The first kappa shape index (κ1) is 10.0. The van der Waals surface area contributed by atoms with E-state index in [1.54, 1.807) is 0 Å². The van der Waals surface area contributed by atoms with Gasteiger partial charge in [-0.1, -0.05) is 37.9 Å². The summed E-state index contributed by atoms with van der Waals surface area (Å²) in [6, 6.07) is 6.31. The molecule has 0 atom stereocenters. The van der Waals surface area contributed by atoms with Gasteiger partial charge in [-0.2, -0.15) is 0 Å². The molecule has 0 aliphatic rings. The van der Waals surface area contributed by atoms with Gasteiger partial charge in [0, 0.05) is 8.95 Å². The summed E-state index contributed by atoms with van der Waals surface area (Å²) < 4.78 is 2.24. The maximum absolute atomic E-state index is 3.70. The molecule has 0 N–H and O–H groups in total. The summed E-state index contributed by atoms with van der Waals surface area (Å²) in [6.07, 6.45) is 4.03. The van der Waals surface area contributed by atoms with Gasteiger partial charge in [-0.3, -0.25) is 0 Å². The Balaban J connectivity index is 2.78. The van der Waals surface area contributed by atoms with E-state index in [1.807, 2.05) is 12.1 Å². The molecule has 1 aromatic carbocycles. The van der Waals surface area contributed by atoms with Crippen LogP contribution < -0.4 is 0 Å². The van der Waals surface area contributed by atoms with Crippen LogP contribution in [-0.4, -0.2) is 0 Å². The summed E-state index contributed by atoms with van der Waals surface area (Å²) in [7, 11) is 0. The quantitative estimate of drug-likeness (QED) is 0.727. The molecule has 0 heterocycles. The Hall–Kier alpha value is -0.0800. The molecule has 0 nitrogen and oxygen atoms in total. The molecule has 0 saturated carbocycles. The Morgan fingerprint density at radius 3 is 2.25 bits per heavy atom. The van der Waals surface area contributed by atoms with Crippen LogP contribution in [0.2, 0.25) is 0 Å². The SMILES string of the molecule is C=CCCc1cc(Br)cc(Br)c1. The van der Waals surface area contributed by atoms with Crippen LogP contribution in [0.25, 0.3) is 0 Å². The summed E-state index contributed by atoms with van der Waals surface area (Å²) in [4.78, 5) is 0. The van der Waals surface area contributed by atoms with Crippen LogP contribution >= 0.6 is 31.9 Å². The van der Waals surface area contributed by atoms with Crippen molar-refractivity contribution in [1.82, 2.24) is 0 Å². The number of halogens is 2. The highest BCUT2D eigenvalue weighted by Gasteiger charge is 1.95. The highest BCUT2D eigenvalue weighted by atomic mass is 79.9. The maximum atomic E-state index is 3.70. The lowest BCUT2D eigenvalue weighted by Gasteiger charge is -2.00. The minimum absolute atomic E-state index is 1.03. The van der Waals surface area contributed by atoms with Crippen LogP contribution in [-0.2, 0) is 6.42 Å².